The smallest absolute Gasteiger partial charge is 0.0342 e. The molecule has 0 amide bonds. The van der Waals surface area contributed by atoms with Crippen LogP contribution < -0.4 is 5.32 Å². The predicted octanol–water partition coefficient (Wildman–Crippen LogP) is 5.84. The molecule has 3 fully saturated rings. The topological polar surface area (TPSA) is 12.0 Å². The molecule has 1 N–H and O–H groups in total. The summed E-state index contributed by atoms with van der Waals surface area (Å²) in [6, 6.07) is 20.2. The average Bonchev–Trinajstić information content (AvgIpc) is 2.57. The molecule has 1 nitrogen and oxygen atoms in total. The van der Waals surface area contributed by atoms with Gasteiger partial charge in [0.2, 0.25) is 0 Å². The Labute approximate surface area is 140 Å². The van der Waals surface area contributed by atoms with Crippen molar-refractivity contribution in [1.82, 2.24) is 0 Å². The summed E-state index contributed by atoms with van der Waals surface area (Å²) in [5.41, 5.74) is 4.40. The molecule has 0 unspecified atom stereocenters. The van der Waals surface area contributed by atoms with Crippen LogP contribution in [-0.4, -0.2) is 6.04 Å². The molecule has 2 aromatic rings. The number of anilines is 1. The van der Waals surface area contributed by atoms with Gasteiger partial charge in [-0.1, -0.05) is 63.2 Å². The lowest BCUT2D eigenvalue weighted by atomic mass is 9.45. The molecular formula is C22H27N. The standard InChI is InChI=1S/C22H27N/c1-15-20-13-18(22(20,2)3)14-21(15)23-19-11-9-17(10-12-19)16-7-5-4-6-8-16/h4-12,15,18,20-21,23H,13-14H2,1-3H3/t15-,18+,20-,21-/m0/s1. The molecule has 4 atom stereocenters. The number of nitrogens with one attached hydrogen (secondary N) is 1. The van der Waals surface area contributed by atoms with Crippen LogP contribution in [0.1, 0.15) is 33.6 Å². The molecule has 3 aliphatic rings. The zero-order chi connectivity index (χ0) is 16.0. The fourth-order valence-corrected chi connectivity index (χ4v) is 4.94. The lowest BCUT2D eigenvalue weighted by Crippen LogP contribution is -2.58. The number of fused-ring (bicyclic) bond motifs is 2. The number of hydrogen-bond donors (Lipinski definition) is 1. The zero-order valence-corrected chi connectivity index (χ0v) is 14.4. The first-order chi connectivity index (χ1) is 11.1. The first kappa shape index (κ1) is 14.8. The van der Waals surface area contributed by atoms with Crippen molar-refractivity contribution in [2.24, 2.45) is 23.2 Å². The van der Waals surface area contributed by atoms with Gasteiger partial charge < -0.3 is 5.32 Å². The molecule has 1 heteroatoms. The lowest BCUT2D eigenvalue weighted by Gasteiger charge is -2.62. The summed E-state index contributed by atoms with van der Waals surface area (Å²) in [4.78, 5) is 0. The van der Waals surface area contributed by atoms with Gasteiger partial charge in [-0.15, -0.1) is 0 Å². The van der Waals surface area contributed by atoms with E-state index in [1.165, 1.54) is 29.7 Å². The Kier molecular flexibility index (Phi) is 3.48. The summed E-state index contributed by atoms with van der Waals surface area (Å²) >= 11 is 0. The van der Waals surface area contributed by atoms with Gasteiger partial charge in [-0.25, -0.2) is 0 Å². The minimum Gasteiger partial charge on any atom is -0.382 e. The van der Waals surface area contributed by atoms with Crippen LogP contribution >= 0.6 is 0 Å². The van der Waals surface area contributed by atoms with Crippen molar-refractivity contribution in [3.63, 3.8) is 0 Å². The van der Waals surface area contributed by atoms with E-state index in [4.69, 9.17) is 0 Å². The second-order valence-electron chi connectivity index (χ2n) is 8.15. The maximum atomic E-state index is 3.81. The van der Waals surface area contributed by atoms with Gasteiger partial charge in [0.25, 0.3) is 0 Å². The van der Waals surface area contributed by atoms with Crippen molar-refractivity contribution >= 4 is 5.69 Å². The van der Waals surface area contributed by atoms with Crippen LogP contribution in [0.15, 0.2) is 54.6 Å². The molecule has 2 bridgehead atoms. The Hall–Kier alpha value is -1.76. The second-order valence-corrected chi connectivity index (χ2v) is 8.15. The van der Waals surface area contributed by atoms with Gasteiger partial charge in [-0.3, -0.25) is 0 Å². The van der Waals surface area contributed by atoms with Crippen molar-refractivity contribution in [3.8, 4) is 11.1 Å². The van der Waals surface area contributed by atoms with Crippen LogP contribution in [0.5, 0.6) is 0 Å². The third-order valence-corrected chi connectivity index (χ3v) is 6.70. The third kappa shape index (κ3) is 2.47. The summed E-state index contributed by atoms with van der Waals surface area (Å²) in [5, 5.41) is 3.81. The minimum absolute atomic E-state index is 0.564. The third-order valence-electron chi connectivity index (χ3n) is 6.70. The van der Waals surface area contributed by atoms with Crippen molar-refractivity contribution < 1.29 is 0 Å². The van der Waals surface area contributed by atoms with E-state index in [9.17, 15) is 0 Å². The number of hydrogen-bond acceptors (Lipinski definition) is 1. The van der Waals surface area contributed by atoms with Crippen LogP contribution in [0.2, 0.25) is 0 Å². The van der Waals surface area contributed by atoms with E-state index in [0.717, 1.165) is 17.8 Å². The van der Waals surface area contributed by atoms with Crippen molar-refractivity contribution in [3.05, 3.63) is 54.6 Å². The van der Waals surface area contributed by atoms with Crippen LogP contribution in [0.25, 0.3) is 11.1 Å². The first-order valence-electron chi connectivity index (χ1n) is 8.98. The Morgan fingerprint density at radius 2 is 1.52 bits per heavy atom. The molecule has 23 heavy (non-hydrogen) atoms. The Morgan fingerprint density at radius 3 is 2.13 bits per heavy atom. The molecule has 5 rings (SSSR count). The summed E-state index contributed by atoms with van der Waals surface area (Å²) < 4.78 is 0. The summed E-state index contributed by atoms with van der Waals surface area (Å²) in [6.45, 7) is 7.37. The Bertz CT molecular complexity index is 671. The Morgan fingerprint density at radius 1 is 0.870 bits per heavy atom. The van der Waals surface area contributed by atoms with E-state index in [0.29, 0.717) is 11.5 Å². The van der Waals surface area contributed by atoms with Gasteiger partial charge in [0.15, 0.2) is 0 Å². The van der Waals surface area contributed by atoms with E-state index in [-0.39, 0.29) is 0 Å². The van der Waals surface area contributed by atoms with Gasteiger partial charge in [0, 0.05) is 11.7 Å². The van der Waals surface area contributed by atoms with Crippen LogP contribution in [0, 0.1) is 23.2 Å². The highest BCUT2D eigenvalue weighted by Gasteiger charge is 2.56. The number of rotatable bonds is 3. The average molecular weight is 305 g/mol. The minimum atomic E-state index is 0.564. The summed E-state index contributed by atoms with van der Waals surface area (Å²) in [6.07, 6.45) is 2.77. The van der Waals surface area contributed by atoms with E-state index in [1.807, 2.05) is 0 Å². The highest BCUT2D eigenvalue weighted by atomic mass is 14.9. The fourth-order valence-electron chi connectivity index (χ4n) is 4.94. The fraction of sp³-hybridized carbons (Fsp3) is 0.455. The molecule has 0 aliphatic heterocycles. The van der Waals surface area contributed by atoms with Gasteiger partial charge in [-0.2, -0.15) is 0 Å². The van der Waals surface area contributed by atoms with Crippen molar-refractivity contribution in [2.45, 2.75) is 39.7 Å². The predicted molar refractivity (Wildman–Crippen MR) is 98.4 cm³/mol. The molecule has 2 aromatic carbocycles. The van der Waals surface area contributed by atoms with Gasteiger partial charge in [0.05, 0.1) is 0 Å². The lowest BCUT2D eigenvalue weighted by molar-refractivity contribution is -0.105. The second kappa shape index (κ2) is 5.40. The quantitative estimate of drug-likeness (QED) is 0.751. The molecule has 0 aromatic heterocycles. The zero-order valence-electron chi connectivity index (χ0n) is 14.4. The maximum Gasteiger partial charge on any atom is 0.0342 e. The van der Waals surface area contributed by atoms with E-state index in [2.05, 4.69) is 80.7 Å². The highest BCUT2D eigenvalue weighted by molar-refractivity contribution is 5.66. The van der Waals surface area contributed by atoms with E-state index >= 15 is 0 Å². The summed E-state index contributed by atoms with van der Waals surface area (Å²) in [7, 11) is 0. The maximum absolute atomic E-state index is 3.81. The molecule has 3 saturated carbocycles. The molecule has 120 valence electrons. The molecule has 0 saturated heterocycles. The Balaban J connectivity index is 1.46. The van der Waals surface area contributed by atoms with Crippen LogP contribution in [0.4, 0.5) is 5.69 Å². The van der Waals surface area contributed by atoms with Gasteiger partial charge in [-0.05, 0) is 59.3 Å². The molecule has 0 radical (unpaired) electrons. The largest absolute Gasteiger partial charge is 0.382 e. The monoisotopic (exact) mass is 305 g/mol. The summed E-state index contributed by atoms with van der Waals surface area (Å²) in [5.74, 6) is 2.57. The van der Waals surface area contributed by atoms with Crippen LogP contribution in [0.3, 0.4) is 0 Å². The van der Waals surface area contributed by atoms with E-state index < -0.39 is 0 Å². The first-order valence-corrected chi connectivity index (χ1v) is 8.98. The van der Waals surface area contributed by atoms with Crippen LogP contribution in [-0.2, 0) is 0 Å². The number of benzene rings is 2. The van der Waals surface area contributed by atoms with Gasteiger partial charge >= 0.3 is 0 Å². The SMILES string of the molecule is C[C@@H]1[C@@H](Nc2ccc(-c3ccccc3)cc2)C[C@H]2C[C@@H]1C2(C)C. The van der Waals surface area contributed by atoms with Crippen molar-refractivity contribution in [1.29, 1.82) is 0 Å². The van der Waals surface area contributed by atoms with Crippen molar-refractivity contribution in [2.75, 3.05) is 5.32 Å². The normalized spacial score (nSPS) is 31.3. The molecule has 0 spiro atoms. The highest BCUT2D eigenvalue weighted by Crippen LogP contribution is 2.61. The van der Waals surface area contributed by atoms with Gasteiger partial charge in [0.1, 0.15) is 0 Å². The molecule has 0 heterocycles. The molecule has 3 aliphatic carbocycles. The molecular weight excluding hydrogens is 278 g/mol. The van der Waals surface area contributed by atoms with E-state index in [1.54, 1.807) is 0 Å².